The number of phenolic OH excluding ortho intramolecular Hbond substituents is 1. The second-order valence-corrected chi connectivity index (χ2v) is 4.76. The monoisotopic (exact) mass is 259 g/mol. The lowest BCUT2D eigenvalue weighted by Crippen LogP contribution is -2.22. The van der Waals surface area contributed by atoms with Crippen LogP contribution in [-0.2, 0) is 0 Å². The molecule has 0 heterocycles. The van der Waals surface area contributed by atoms with Crippen molar-refractivity contribution in [3.63, 3.8) is 0 Å². The fourth-order valence-corrected chi connectivity index (χ4v) is 2.11. The van der Waals surface area contributed by atoms with E-state index in [0.717, 1.165) is 11.1 Å². The number of aromatic hydroxyl groups is 1. The maximum Gasteiger partial charge on any atom is 0.123 e. The van der Waals surface area contributed by atoms with Crippen molar-refractivity contribution in [2.45, 2.75) is 25.9 Å². The topological polar surface area (TPSA) is 32.3 Å². The molecule has 2 atom stereocenters. The molecule has 100 valence electrons. The summed E-state index contributed by atoms with van der Waals surface area (Å²) in [5, 5.41) is 12.7. The molecular weight excluding hydrogens is 241 g/mol. The number of halogens is 1. The maximum absolute atomic E-state index is 13.2. The largest absolute Gasteiger partial charge is 0.508 e. The summed E-state index contributed by atoms with van der Waals surface area (Å²) in [6, 6.07) is 13.9. The molecule has 2 nitrogen and oxygen atoms in total. The molecule has 3 heteroatoms. The van der Waals surface area contributed by atoms with Crippen LogP contribution in [0.5, 0.6) is 5.75 Å². The lowest BCUT2D eigenvalue weighted by molar-refractivity contribution is 0.471. The van der Waals surface area contributed by atoms with E-state index in [2.05, 4.69) is 5.32 Å². The Hall–Kier alpha value is -1.87. The highest BCUT2D eigenvalue weighted by Crippen LogP contribution is 2.21. The molecule has 0 saturated carbocycles. The zero-order valence-electron chi connectivity index (χ0n) is 11.1. The Morgan fingerprint density at radius 1 is 0.947 bits per heavy atom. The molecule has 0 spiro atoms. The van der Waals surface area contributed by atoms with Gasteiger partial charge in [0.05, 0.1) is 0 Å². The Kier molecular flexibility index (Phi) is 4.17. The zero-order valence-corrected chi connectivity index (χ0v) is 11.1. The van der Waals surface area contributed by atoms with Crippen LogP contribution in [0.2, 0.25) is 0 Å². The second-order valence-electron chi connectivity index (χ2n) is 4.76. The Morgan fingerprint density at radius 3 is 2.21 bits per heavy atom. The van der Waals surface area contributed by atoms with Crippen LogP contribution in [0.4, 0.5) is 4.39 Å². The summed E-state index contributed by atoms with van der Waals surface area (Å²) >= 11 is 0. The van der Waals surface area contributed by atoms with E-state index in [1.54, 1.807) is 24.3 Å². The fraction of sp³-hybridized carbons (Fsp3) is 0.250. The summed E-state index contributed by atoms with van der Waals surface area (Å²) in [7, 11) is 0. The van der Waals surface area contributed by atoms with Crippen LogP contribution in [0.25, 0.3) is 0 Å². The number of phenols is 1. The van der Waals surface area contributed by atoms with Gasteiger partial charge >= 0.3 is 0 Å². The minimum Gasteiger partial charge on any atom is -0.508 e. The van der Waals surface area contributed by atoms with Crippen LogP contribution in [0, 0.1) is 5.82 Å². The van der Waals surface area contributed by atoms with Gasteiger partial charge in [0, 0.05) is 12.1 Å². The number of benzene rings is 2. The lowest BCUT2D eigenvalue weighted by Gasteiger charge is -2.21. The first kappa shape index (κ1) is 13.6. The van der Waals surface area contributed by atoms with Gasteiger partial charge in [0.2, 0.25) is 0 Å². The first-order valence-corrected chi connectivity index (χ1v) is 6.36. The van der Waals surface area contributed by atoms with Crippen molar-refractivity contribution in [1.82, 2.24) is 5.32 Å². The SMILES string of the molecule is CC(NC(C)c1cccc(F)c1)c1ccc(O)cc1. The zero-order chi connectivity index (χ0) is 13.8. The van der Waals surface area contributed by atoms with Gasteiger partial charge in [-0.2, -0.15) is 0 Å². The van der Waals surface area contributed by atoms with Crippen LogP contribution in [0.3, 0.4) is 0 Å². The normalized spacial score (nSPS) is 14.1. The molecule has 0 bridgehead atoms. The molecule has 2 aromatic carbocycles. The van der Waals surface area contributed by atoms with Crippen molar-refractivity contribution in [3.05, 3.63) is 65.5 Å². The predicted octanol–water partition coefficient (Wildman–Crippen LogP) is 3.94. The van der Waals surface area contributed by atoms with Gasteiger partial charge < -0.3 is 10.4 Å². The molecule has 0 radical (unpaired) electrons. The van der Waals surface area contributed by atoms with Gasteiger partial charge in [-0.05, 0) is 49.2 Å². The molecule has 0 aliphatic carbocycles. The van der Waals surface area contributed by atoms with E-state index >= 15 is 0 Å². The fourth-order valence-electron chi connectivity index (χ4n) is 2.11. The third-order valence-electron chi connectivity index (χ3n) is 3.24. The molecule has 0 aliphatic heterocycles. The minimum atomic E-state index is -0.219. The third kappa shape index (κ3) is 3.55. The van der Waals surface area contributed by atoms with E-state index in [4.69, 9.17) is 0 Å². The molecule has 19 heavy (non-hydrogen) atoms. The van der Waals surface area contributed by atoms with Crippen molar-refractivity contribution in [2.24, 2.45) is 0 Å². The summed E-state index contributed by atoms with van der Waals surface area (Å²) in [5.41, 5.74) is 2.01. The summed E-state index contributed by atoms with van der Waals surface area (Å²) in [6.45, 7) is 4.05. The first-order valence-electron chi connectivity index (χ1n) is 6.36. The molecular formula is C16H18FNO. The third-order valence-corrected chi connectivity index (χ3v) is 3.24. The Balaban J connectivity index is 2.06. The van der Waals surface area contributed by atoms with Gasteiger partial charge in [0.1, 0.15) is 11.6 Å². The van der Waals surface area contributed by atoms with E-state index in [0.29, 0.717) is 0 Å². The number of rotatable bonds is 4. The second kappa shape index (κ2) is 5.85. The molecule has 0 saturated heterocycles. The lowest BCUT2D eigenvalue weighted by atomic mass is 10.0. The molecule has 0 fully saturated rings. The van der Waals surface area contributed by atoms with E-state index in [1.165, 1.54) is 6.07 Å². The van der Waals surface area contributed by atoms with Crippen LogP contribution in [0.15, 0.2) is 48.5 Å². The highest BCUT2D eigenvalue weighted by Gasteiger charge is 2.11. The standard InChI is InChI=1S/C16H18FNO/c1-11(13-6-8-16(19)9-7-13)18-12(2)14-4-3-5-15(17)10-14/h3-12,18-19H,1-2H3. The van der Waals surface area contributed by atoms with E-state index in [9.17, 15) is 9.50 Å². The first-order chi connectivity index (χ1) is 9.06. The van der Waals surface area contributed by atoms with Crippen LogP contribution >= 0.6 is 0 Å². The number of hydrogen-bond acceptors (Lipinski definition) is 2. The maximum atomic E-state index is 13.2. The van der Waals surface area contributed by atoms with E-state index in [-0.39, 0.29) is 23.7 Å². The van der Waals surface area contributed by atoms with E-state index < -0.39 is 0 Å². The number of hydrogen-bond donors (Lipinski definition) is 2. The summed E-state index contributed by atoms with van der Waals surface area (Å²) in [5.74, 6) is 0.0394. The van der Waals surface area contributed by atoms with Gasteiger partial charge in [-0.25, -0.2) is 4.39 Å². The summed E-state index contributed by atoms with van der Waals surface area (Å²) < 4.78 is 13.2. The molecule has 0 aliphatic rings. The minimum absolute atomic E-state index is 0.0551. The molecule has 2 rings (SSSR count). The predicted molar refractivity (Wildman–Crippen MR) is 74.5 cm³/mol. The average molecular weight is 259 g/mol. The highest BCUT2D eigenvalue weighted by molar-refractivity contribution is 5.28. The Morgan fingerprint density at radius 2 is 1.58 bits per heavy atom. The van der Waals surface area contributed by atoms with Crippen molar-refractivity contribution in [3.8, 4) is 5.75 Å². The van der Waals surface area contributed by atoms with Gasteiger partial charge in [-0.3, -0.25) is 0 Å². The van der Waals surface area contributed by atoms with Gasteiger partial charge in [0.25, 0.3) is 0 Å². The Labute approximate surface area is 112 Å². The molecule has 2 N–H and O–H groups in total. The average Bonchev–Trinajstić information content (AvgIpc) is 2.39. The molecule has 0 amide bonds. The van der Waals surface area contributed by atoms with Crippen LogP contribution in [0.1, 0.15) is 37.1 Å². The number of nitrogens with one attached hydrogen (secondary N) is 1. The Bertz CT molecular complexity index is 539. The van der Waals surface area contributed by atoms with E-state index in [1.807, 2.05) is 32.0 Å². The highest BCUT2D eigenvalue weighted by atomic mass is 19.1. The summed E-state index contributed by atoms with van der Waals surface area (Å²) in [6.07, 6.45) is 0. The molecule has 2 unspecified atom stereocenters. The van der Waals surface area contributed by atoms with Crippen LogP contribution in [-0.4, -0.2) is 5.11 Å². The quantitative estimate of drug-likeness (QED) is 0.871. The molecule has 2 aromatic rings. The van der Waals surface area contributed by atoms with Crippen molar-refractivity contribution in [2.75, 3.05) is 0 Å². The van der Waals surface area contributed by atoms with Gasteiger partial charge in [-0.15, -0.1) is 0 Å². The van der Waals surface area contributed by atoms with Crippen molar-refractivity contribution >= 4 is 0 Å². The van der Waals surface area contributed by atoms with Gasteiger partial charge in [-0.1, -0.05) is 24.3 Å². The van der Waals surface area contributed by atoms with Crippen molar-refractivity contribution in [1.29, 1.82) is 0 Å². The smallest absolute Gasteiger partial charge is 0.123 e. The molecule has 0 aromatic heterocycles. The summed E-state index contributed by atoms with van der Waals surface area (Å²) in [4.78, 5) is 0. The van der Waals surface area contributed by atoms with Crippen LogP contribution < -0.4 is 5.32 Å². The van der Waals surface area contributed by atoms with Gasteiger partial charge in [0.15, 0.2) is 0 Å². The van der Waals surface area contributed by atoms with Crippen molar-refractivity contribution < 1.29 is 9.50 Å².